The molecule has 5 atom stereocenters. The van der Waals surface area contributed by atoms with Crippen molar-refractivity contribution in [3.63, 3.8) is 0 Å². The molecule has 0 spiro atoms. The number of ether oxygens (including phenoxy) is 1. The maximum Gasteiger partial charge on any atom is 0.317 e. The molecule has 0 radical (unpaired) electrons. The highest BCUT2D eigenvalue weighted by Gasteiger charge is 2.33. The maximum absolute atomic E-state index is 14.3. The number of nitrogens with two attached hydrogens (primary N) is 2. The van der Waals surface area contributed by atoms with Crippen LogP contribution in [0.5, 0.6) is 0 Å². The summed E-state index contributed by atoms with van der Waals surface area (Å²) < 4.78 is 5.27. The van der Waals surface area contributed by atoms with Crippen LogP contribution in [0.1, 0.15) is 69.7 Å². The zero-order chi connectivity index (χ0) is 78.4. The third-order valence-electron chi connectivity index (χ3n) is 16.8. The predicted molar refractivity (Wildman–Crippen MR) is 384 cm³/mol. The van der Waals surface area contributed by atoms with Gasteiger partial charge in [-0.15, -0.1) is 0 Å². The van der Waals surface area contributed by atoms with Crippen LogP contribution in [0.4, 0.5) is 5.69 Å². The number of unbranched alkanes of at least 4 members (excludes halogenated alkanes) is 1. The molecule has 5 rings (SSSR count). The largest absolute Gasteiger partial charge is 0.480 e. The number of fused-ring (bicyclic) bond motifs is 1. The zero-order valence-corrected chi connectivity index (χ0v) is 60.2. The number of benzene rings is 2. The van der Waals surface area contributed by atoms with E-state index in [2.05, 4.69) is 73.4 Å². The summed E-state index contributed by atoms with van der Waals surface area (Å²) in [6.45, 7) is 4.04. The minimum Gasteiger partial charge on any atom is -0.480 e. The number of carbonyl (C=O) groups excluding carboxylic acids is 12. The van der Waals surface area contributed by atoms with Crippen molar-refractivity contribution in [3.05, 3.63) is 84.1 Å². The van der Waals surface area contributed by atoms with Gasteiger partial charge in [0.15, 0.2) is 0 Å². The Hall–Kier alpha value is -11.0. The lowest BCUT2D eigenvalue weighted by molar-refractivity contribution is -0.140. The minimum atomic E-state index is -1.52. The number of para-hydroxylation sites is 1. The molecule has 4 aromatic rings. The highest BCUT2D eigenvalue weighted by atomic mass is 16.5. The van der Waals surface area contributed by atoms with Gasteiger partial charge in [0.1, 0.15) is 43.4 Å². The van der Waals surface area contributed by atoms with Crippen molar-refractivity contribution in [2.24, 2.45) is 17.4 Å². The molecule has 586 valence electrons. The minimum absolute atomic E-state index is 0.0307. The normalized spacial score (nSPS) is 14.7. The number of imidazole rings is 1. The fraction of sp³-hybridized carbons (Fsp3) is 0.529. The Morgan fingerprint density at radius 3 is 1.66 bits per heavy atom. The van der Waals surface area contributed by atoms with Crippen molar-refractivity contribution in [3.8, 4) is 0 Å². The second-order valence-electron chi connectivity index (χ2n) is 25.9. The number of amides is 12. The fourth-order valence-corrected chi connectivity index (χ4v) is 11.0. The van der Waals surface area contributed by atoms with Crippen molar-refractivity contribution >= 4 is 105 Å². The SMILES string of the molecule is CC(C)C(NC(=O)[C@H](C)NC(=O)[C@H](Cc1c[nH]c2ccccc12)NC(=O)[C@H](CCC(N)=O)NC(=O)CNC(=O)COCC(=O)Nc1ccc(CNC(=O)CN2CCN(CC(=O)O)CCN(CC(=O)O)CCN(CC(=O)O)CC2)cc1)C(=O)NCC(=O)N[C@@H](Cc1cnc[nH]1)C(=O)NCCNCCCCC(N)=O. The summed E-state index contributed by atoms with van der Waals surface area (Å²) in [5.74, 6) is -12.5. The van der Waals surface area contributed by atoms with Crippen LogP contribution in [-0.4, -0.2) is 293 Å². The first-order valence-electron chi connectivity index (χ1n) is 34.9. The summed E-state index contributed by atoms with van der Waals surface area (Å²) in [4.78, 5) is 209. The molecule has 1 aliphatic heterocycles. The predicted octanol–water partition coefficient (Wildman–Crippen LogP) is -5.62. The van der Waals surface area contributed by atoms with Gasteiger partial charge in [0.25, 0.3) is 0 Å². The molecule has 2 aromatic heterocycles. The number of nitrogens with one attached hydrogen (secondary N) is 13. The van der Waals surface area contributed by atoms with Crippen LogP contribution in [0.3, 0.4) is 0 Å². The van der Waals surface area contributed by atoms with Gasteiger partial charge >= 0.3 is 17.9 Å². The van der Waals surface area contributed by atoms with E-state index in [9.17, 15) is 87.2 Å². The Bertz CT molecular complexity index is 3620. The van der Waals surface area contributed by atoms with Crippen molar-refractivity contribution in [2.45, 2.75) is 102 Å². The van der Waals surface area contributed by atoms with Crippen molar-refractivity contribution in [1.82, 2.24) is 87.7 Å². The third-order valence-corrected chi connectivity index (χ3v) is 16.8. The lowest BCUT2D eigenvalue weighted by Gasteiger charge is -2.32. The number of carbonyl (C=O) groups is 15. The van der Waals surface area contributed by atoms with Crippen LogP contribution in [0.15, 0.2) is 67.3 Å². The van der Waals surface area contributed by atoms with Crippen LogP contribution in [0.2, 0.25) is 0 Å². The van der Waals surface area contributed by atoms with Crippen molar-refractivity contribution in [2.75, 3.05) is 130 Å². The molecule has 1 fully saturated rings. The van der Waals surface area contributed by atoms with Crippen molar-refractivity contribution < 1.29 is 92.0 Å². The number of aromatic nitrogens is 3. The average molecular weight is 1500 g/mol. The molecular formula is C68H100N20O19. The van der Waals surface area contributed by atoms with E-state index in [4.69, 9.17) is 16.2 Å². The smallest absolute Gasteiger partial charge is 0.317 e. The molecule has 3 heterocycles. The number of nitrogens with zero attached hydrogens (tertiary/aromatic N) is 5. The number of aliphatic carboxylic acids is 3. The average Bonchev–Trinajstić information content (AvgIpc) is 1.68. The van der Waals surface area contributed by atoms with Gasteiger partial charge in [-0.3, -0.25) is 91.5 Å². The molecule has 0 saturated carbocycles. The molecule has 39 heteroatoms. The first kappa shape index (κ1) is 86.6. The van der Waals surface area contributed by atoms with Crippen LogP contribution in [0, 0.1) is 5.92 Å². The Balaban J connectivity index is 1.10. The first-order chi connectivity index (χ1) is 51.0. The molecule has 0 aliphatic carbocycles. The van der Waals surface area contributed by atoms with E-state index in [1.807, 2.05) is 0 Å². The molecule has 1 aliphatic rings. The summed E-state index contributed by atoms with van der Waals surface area (Å²) in [5.41, 5.74) is 13.4. The van der Waals surface area contributed by atoms with Gasteiger partial charge in [0.2, 0.25) is 70.9 Å². The molecule has 1 saturated heterocycles. The Labute approximate surface area is 616 Å². The van der Waals surface area contributed by atoms with Gasteiger partial charge < -0.3 is 100.0 Å². The van der Waals surface area contributed by atoms with E-state index < -0.39 is 146 Å². The summed E-state index contributed by atoms with van der Waals surface area (Å²) >= 11 is 0. The molecule has 39 nitrogen and oxygen atoms in total. The number of hydrogen-bond donors (Lipinski definition) is 18. The van der Waals surface area contributed by atoms with Crippen LogP contribution in [-0.2, 0) is 96.0 Å². The lowest BCUT2D eigenvalue weighted by Crippen LogP contribution is -2.59. The summed E-state index contributed by atoms with van der Waals surface area (Å²) in [7, 11) is 0. The second kappa shape index (κ2) is 46.1. The topological polar surface area (TPSA) is 568 Å². The number of aromatic amines is 2. The Morgan fingerprint density at radius 2 is 1.08 bits per heavy atom. The number of carboxylic acids is 3. The molecule has 1 unspecified atom stereocenters. The third kappa shape index (κ3) is 34.2. The van der Waals surface area contributed by atoms with Gasteiger partial charge in [-0.2, -0.15) is 0 Å². The van der Waals surface area contributed by atoms with E-state index in [-0.39, 0.29) is 129 Å². The van der Waals surface area contributed by atoms with E-state index >= 15 is 0 Å². The van der Waals surface area contributed by atoms with Gasteiger partial charge in [-0.05, 0) is 68.0 Å². The van der Waals surface area contributed by atoms with E-state index in [1.54, 1.807) is 88.2 Å². The monoisotopic (exact) mass is 1500 g/mol. The molecule has 107 heavy (non-hydrogen) atoms. The van der Waals surface area contributed by atoms with E-state index in [0.29, 0.717) is 59.3 Å². The number of rotatable bonds is 45. The first-order valence-corrected chi connectivity index (χ1v) is 34.9. The van der Waals surface area contributed by atoms with Crippen LogP contribution >= 0.6 is 0 Å². The standard InChI is InChI=1S/C68H100N20O19/c1-42(2)63(68(106)77-34-56(92)82-52(29-47-32-72-41-78-47)65(103)73-19-18-71-17-7-6-10-53(69)89)84-64(102)43(3)79-67(105)51(28-45-31-74-49-9-5-4-8-48(45)49)83-66(104)50(15-16-54(70)90)81-55(91)33-76-58(94)39-107-40-59(95)80-46-13-11-44(12-14-46)30-75-57(93)35-85-20-22-86(36-60(96)97)24-26-88(38-62(100)101)27-25-87(23-21-85)37-61(98)99/h4-5,8-9,11-14,31-32,41-43,50-52,63,71,74H,6-7,10,15-30,33-40H2,1-3H3,(H2,69,89)(H2,70,90)(H,72,78)(H,73,103)(H,75,93)(H,76,94)(H,77,106)(H,79,105)(H,80,95)(H,81,91)(H,82,92)(H,83,104)(H,84,102)(H,96,97)(H,98,99)(H,100,101)/t43-,50-,51-,52-,63?/m0/s1. The molecule has 20 N–H and O–H groups in total. The number of hydrogen-bond acceptors (Lipinski definition) is 22. The lowest BCUT2D eigenvalue weighted by atomic mass is 10.0. The van der Waals surface area contributed by atoms with E-state index in [0.717, 1.165) is 0 Å². The number of carboxylic acid groups (broad SMARTS) is 3. The van der Waals surface area contributed by atoms with Crippen LogP contribution < -0.4 is 70.0 Å². The highest BCUT2D eigenvalue weighted by molar-refractivity contribution is 5.98. The Kier molecular flexibility index (Phi) is 37.3. The van der Waals surface area contributed by atoms with Gasteiger partial charge in [0.05, 0.1) is 45.6 Å². The summed E-state index contributed by atoms with van der Waals surface area (Å²) in [5, 5.41) is 58.2. The molecule has 0 bridgehead atoms. The zero-order valence-electron chi connectivity index (χ0n) is 60.2. The maximum atomic E-state index is 14.3. The number of H-pyrrole nitrogens is 2. The highest BCUT2D eigenvalue weighted by Crippen LogP contribution is 2.20. The summed E-state index contributed by atoms with van der Waals surface area (Å²) in [6.07, 6.45) is 5.17. The molecular weight excluding hydrogens is 1400 g/mol. The second-order valence-corrected chi connectivity index (χ2v) is 25.9. The molecule has 2 aromatic carbocycles. The van der Waals surface area contributed by atoms with Crippen molar-refractivity contribution in [1.29, 1.82) is 0 Å². The quantitative estimate of drug-likeness (QED) is 0.0184. The van der Waals surface area contributed by atoms with E-state index in [1.165, 1.54) is 19.4 Å². The fourth-order valence-electron chi connectivity index (χ4n) is 11.0. The summed E-state index contributed by atoms with van der Waals surface area (Å²) in [6, 6.07) is 6.81. The van der Waals surface area contributed by atoms with Crippen LogP contribution in [0.25, 0.3) is 10.9 Å². The van der Waals surface area contributed by atoms with Gasteiger partial charge in [-0.1, -0.05) is 44.2 Å². The van der Waals surface area contributed by atoms with Gasteiger partial charge in [-0.25, -0.2) is 4.98 Å². The molecule has 12 amide bonds. The number of primary amides is 2. The number of anilines is 1. The Morgan fingerprint density at radius 1 is 0.523 bits per heavy atom. The van der Waals surface area contributed by atoms with Gasteiger partial charge in [0, 0.05) is 132 Å².